The first-order chi connectivity index (χ1) is 14.2. The molecule has 0 saturated heterocycles. The number of carbonyl (C=O) groups excluding carboxylic acids is 1. The fourth-order valence-electron chi connectivity index (χ4n) is 3.16. The summed E-state index contributed by atoms with van der Waals surface area (Å²) < 4.78 is 1.90. The van der Waals surface area contributed by atoms with E-state index in [0.29, 0.717) is 17.0 Å². The minimum atomic E-state index is -0.568. The number of benzene rings is 2. The van der Waals surface area contributed by atoms with E-state index in [1.54, 1.807) is 42.1 Å². The molecule has 0 unspecified atom stereocenters. The van der Waals surface area contributed by atoms with Crippen LogP contribution in [0.2, 0.25) is 0 Å². The van der Waals surface area contributed by atoms with Gasteiger partial charge in [0.25, 0.3) is 5.91 Å². The average Bonchev–Trinajstić information content (AvgIpc) is 3.42. The summed E-state index contributed by atoms with van der Waals surface area (Å²) in [6, 6.07) is 12.7. The van der Waals surface area contributed by atoms with Crippen molar-refractivity contribution in [1.82, 2.24) is 30.0 Å². The molecule has 0 aliphatic carbocycles. The van der Waals surface area contributed by atoms with Gasteiger partial charge in [-0.05, 0) is 30.3 Å². The molecular weight excluding hydrogens is 370 g/mol. The maximum Gasteiger partial charge on any atom is 0.274 e. The molecule has 0 bridgehead atoms. The molecule has 4 N–H and O–H groups in total. The Bertz CT molecular complexity index is 1340. The first kappa shape index (κ1) is 16.9. The lowest BCUT2D eigenvalue weighted by Gasteiger charge is -2.10. The Morgan fingerprint density at radius 3 is 2.83 bits per heavy atom. The zero-order valence-corrected chi connectivity index (χ0v) is 15.0. The van der Waals surface area contributed by atoms with E-state index in [2.05, 4.69) is 20.5 Å². The Kier molecular flexibility index (Phi) is 3.92. The molecule has 29 heavy (non-hydrogen) atoms. The number of nitrogens with zero attached hydrogens (tertiary/aromatic N) is 4. The van der Waals surface area contributed by atoms with E-state index < -0.39 is 5.91 Å². The predicted molar refractivity (Wildman–Crippen MR) is 107 cm³/mol. The van der Waals surface area contributed by atoms with Crippen molar-refractivity contribution in [2.45, 2.75) is 0 Å². The van der Waals surface area contributed by atoms with Crippen LogP contribution in [-0.4, -0.2) is 35.7 Å². The van der Waals surface area contributed by atoms with Crippen LogP contribution in [0.3, 0.4) is 0 Å². The van der Waals surface area contributed by atoms with E-state index in [1.807, 2.05) is 35.0 Å². The minimum Gasteiger partial charge on any atom is -0.337 e. The van der Waals surface area contributed by atoms with Gasteiger partial charge >= 0.3 is 0 Å². The molecule has 0 saturated carbocycles. The molecule has 0 aliphatic heterocycles. The van der Waals surface area contributed by atoms with Gasteiger partial charge in [0, 0.05) is 40.8 Å². The molecule has 0 aliphatic rings. The number of anilines is 2. The Morgan fingerprint density at radius 1 is 1.14 bits per heavy atom. The number of rotatable bonds is 4. The molecule has 5 aromatic rings. The van der Waals surface area contributed by atoms with Crippen LogP contribution in [0, 0.1) is 0 Å². The zero-order chi connectivity index (χ0) is 19.8. The van der Waals surface area contributed by atoms with Crippen molar-refractivity contribution < 1.29 is 10.0 Å². The summed E-state index contributed by atoms with van der Waals surface area (Å²) in [5, 5.41) is 20.0. The molecule has 3 aromatic heterocycles. The summed E-state index contributed by atoms with van der Waals surface area (Å²) in [5.74, 6) is 0.0121. The van der Waals surface area contributed by atoms with Crippen molar-refractivity contribution in [2.75, 3.05) is 5.32 Å². The van der Waals surface area contributed by atoms with Gasteiger partial charge in [-0.2, -0.15) is 5.10 Å². The Balaban J connectivity index is 1.54. The summed E-state index contributed by atoms with van der Waals surface area (Å²) >= 11 is 0. The molecule has 3 heterocycles. The van der Waals surface area contributed by atoms with Gasteiger partial charge < -0.3 is 9.72 Å². The van der Waals surface area contributed by atoms with Crippen LogP contribution in [0.15, 0.2) is 67.3 Å². The molecule has 0 radical (unpaired) electrons. The van der Waals surface area contributed by atoms with Gasteiger partial charge in [-0.15, -0.1) is 0 Å². The lowest BCUT2D eigenvalue weighted by molar-refractivity contribution is 0.0706. The SMILES string of the molecule is O=C(NO)c1ccc(Nc2nc(-c3ccc4cn[nH]c4c3)cn3ccnc23)cc1. The van der Waals surface area contributed by atoms with Gasteiger partial charge in [-0.1, -0.05) is 12.1 Å². The average molecular weight is 385 g/mol. The van der Waals surface area contributed by atoms with Crippen LogP contribution in [0.25, 0.3) is 27.8 Å². The number of hydrogen-bond donors (Lipinski definition) is 4. The standard InChI is InChI=1S/C20H15N7O2/c28-20(26-29)12-3-5-15(6-4-12)23-18-19-21-7-8-27(19)11-17(24-18)13-1-2-14-10-22-25-16(14)9-13/h1-11,29H,(H,22,25)(H,23,24)(H,26,28). The largest absolute Gasteiger partial charge is 0.337 e. The van der Waals surface area contributed by atoms with Crippen molar-refractivity contribution in [3.63, 3.8) is 0 Å². The van der Waals surface area contributed by atoms with Crippen molar-refractivity contribution in [3.8, 4) is 11.3 Å². The maximum atomic E-state index is 11.5. The summed E-state index contributed by atoms with van der Waals surface area (Å²) in [6.07, 6.45) is 7.26. The highest BCUT2D eigenvalue weighted by Crippen LogP contribution is 2.26. The van der Waals surface area contributed by atoms with Crippen molar-refractivity contribution in [1.29, 1.82) is 0 Å². The van der Waals surface area contributed by atoms with Crippen molar-refractivity contribution in [2.24, 2.45) is 0 Å². The Hall–Kier alpha value is -4.24. The second-order valence-corrected chi connectivity index (χ2v) is 6.45. The molecule has 0 spiro atoms. The van der Waals surface area contributed by atoms with Gasteiger partial charge in [0.05, 0.1) is 17.4 Å². The highest BCUT2D eigenvalue weighted by atomic mass is 16.5. The third kappa shape index (κ3) is 3.05. The van der Waals surface area contributed by atoms with Gasteiger partial charge in [0.15, 0.2) is 11.5 Å². The van der Waals surface area contributed by atoms with E-state index >= 15 is 0 Å². The minimum absolute atomic E-state index is 0.346. The Labute approximate surface area is 164 Å². The second kappa shape index (κ2) is 6.73. The van der Waals surface area contributed by atoms with E-state index in [1.165, 1.54) is 0 Å². The lowest BCUT2D eigenvalue weighted by atomic mass is 10.1. The predicted octanol–water partition coefficient (Wildman–Crippen LogP) is 3.14. The fraction of sp³-hybridized carbons (Fsp3) is 0. The van der Waals surface area contributed by atoms with Gasteiger partial charge in [-0.25, -0.2) is 15.4 Å². The molecular formula is C20H15N7O2. The number of carbonyl (C=O) groups is 1. The summed E-state index contributed by atoms with van der Waals surface area (Å²) in [4.78, 5) is 20.6. The lowest BCUT2D eigenvalue weighted by Crippen LogP contribution is -2.18. The van der Waals surface area contributed by atoms with E-state index in [-0.39, 0.29) is 0 Å². The third-order valence-corrected chi connectivity index (χ3v) is 4.62. The molecule has 5 rings (SSSR count). The summed E-state index contributed by atoms with van der Waals surface area (Å²) in [6.45, 7) is 0. The number of imidazole rings is 1. The number of fused-ring (bicyclic) bond motifs is 2. The number of hydrogen-bond acceptors (Lipinski definition) is 6. The fourth-order valence-corrected chi connectivity index (χ4v) is 3.16. The number of H-pyrrole nitrogens is 1. The molecule has 1 amide bonds. The van der Waals surface area contributed by atoms with E-state index in [0.717, 1.165) is 27.8 Å². The summed E-state index contributed by atoms with van der Waals surface area (Å²) in [5.41, 5.74) is 6.01. The van der Waals surface area contributed by atoms with Crippen LogP contribution in [0.5, 0.6) is 0 Å². The van der Waals surface area contributed by atoms with Crippen LogP contribution in [0.4, 0.5) is 11.5 Å². The summed E-state index contributed by atoms with van der Waals surface area (Å²) in [7, 11) is 0. The monoisotopic (exact) mass is 385 g/mol. The van der Waals surface area contributed by atoms with Crippen LogP contribution >= 0.6 is 0 Å². The van der Waals surface area contributed by atoms with Gasteiger partial charge in [-0.3, -0.25) is 15.1 Å². The van der Waals surface area contributed by atoms with E-state index in [4.69, 9.17) is 10.2 Å². The molecule has 2 aromatic carbocycles. The van der Waals surface area contributed by atoms with Crippen molar-refractivity contribution >= 4 is 34.0 Å². The zero-order valence-electron chi connectivity index (χ0n) is 15.0. The van der Waals surface area contributed by atoms with Crippen LogP contribution < -0.4 is 10.8 Å². The molecule has 0 fully saturated rings. The van der Waals surface area contributed by atoms with Crippen molar-refractivity contribution in [3.05, 3.63) is 72.8 Å². The van der Waals surface area contributed by atoms with Crippen LogP contribution in [0.1, 0.15) is 10.4 Å². The molecule has 9 heteroatoms. The quantitative estimate of drug-likeness (QED) is 0.279. The van der Waals surface area contributed by atoms with Gasteiger partial charge in [0.1, 0.15) is 0 Å². The first-order valence-corrected chi connectivity index (χ1v) is 8.80. The number of hydroxylamine groups is 1. The number of amides is 1. The topological polar surface area (TPSA) is 120 Å². The maximum absolute atomic E-state index is 11.5. The highest BCUT2D eigenvalue weighted by molar-refractivity contribution is 5.93. The van der Waals surface area contributed by atoms with Crippen LogP contribution in [-0.2, 0) is 0 Å². The third-order valence-electron chi connectivity index (χ3n) is 4.62. The highest BCUT2D eigenvalue weighted by Gasteiger charge is 2.11. The number of nitrogens with one attached hydrogen (secondary N) is 3. The molecule has 142 valence electrons. The number of aromatic amines is 1. The number of aromatic nitrogens is 5. The normalized spacial score (nSPS) is 11.1. The second-order valence-electron chi connectivity index (χ2n) is 6.45. The van der Waals surface area contributed by atoms with E-state index in [9.17, 15) is 4.79 Å². The smallest absolute Gasteiger partial charge is 0.274 e. The Morgan fingerprint density at radius 2 is 2.00 bits per heavy atom. The first-order valence-electron chi connectivity index (χ1n) is 8.80. The molecule has 0 atom stereocenters. The van der Waals surface area contributed by atoms with Gasteiger partial charge in [0.2, 0.25) is 0 Å². The molecule has 9 nitrogen and oxygen atoms in total.